The molecule has 1 saturated heterocycles. The quantitative estimate of drug-likeness (QED) is 0.871. The average molecular weight is 353 g/mol. The minimum atomic E-state index is -1.27. The van der Waals surface area contributed by atoms with E-state index in [1.54, 1.807) is 12.4 Å². The Morgan fingerprint density at radius 2 is 1.84 bits per heavy atom. The molecule has 19 heavy (non-hydrogen) atoms. The number of aromatic nitrogens is 2. The zero-order valence-corrected chi connectivity index (χ0v) is 13.2. The van der Waals surface area contributed by atoms with E-state index in [-0.39, 0.29) is 12.4 Å². The molecule has 1 aromatic heterocycles. The van der Waals surface area contributed by atoms with Crippen molar-refractivity contribution in [1.82, 2.24) is 14.9 Å². The van der Waals surface area contributed by atoms with Gasteiger partial charge in [0.2, 0.25) is 5.95 Å². The zero-order chi connectivity index (χ0) is 14.6. The van der Waals surface area contributed by atoms with Crippen molar-refractivity contribution in [2.75, 3.05) is 44.1 Å². The molecule has 1 fully saturated rings. The second-order valence-electron chi connectivity index (χ2n) is 4.23. The summed E-state index contributed by atoms with van der Waals surface area (Å²) < 4.78 is 17.1. The molecular weight excluding hydrogens is 330 g/mol. The highest BCUT2D eigenvalue weighted by atomic mass is 79.9. The van der Waals surface area contributed by atoms with E-state index in [1.807, 2.05) is 4.90 Å². The maximum atomic E-state index is 8.10. The molecule has 0 aliphatic carbocycles. The molecule has 0 radical (unpaired) electrons. The summed E-state index contributed by atoms with van der Waals surface area (Å²) in [6.45, 7) is 2.10. The third kappa shape index (κ3) is 5.22. The summed E-state index contributed by atoms with van der Waals surface area (Å²) >= 11 is 3.32. The van der Waals surface area contributed by atoms with Gasteiger partial charge in [0.1, 0.15) is 0 Å². The molecule has 0 unspecified atom stereocenters. The van der Waals surface area contributed by atoms with Crippen molar-refractivity contribution in [2.24, 2.45) is 5.73 Å². The Bertz CT molecular complexity index is 426. The van der Waals surface area contributed by atoms with Gasteiger partial charge in [0.25, 0.3) is 0 Å². The number of nitrogens with two attached hydrogens (primary N) is 1. The van der Waals surface area contributed by atoms with Gasteiger partial charge in [-0.3, -0.25) is 4.90 Å². The Balaban J connectivity index is 0.00000220. The minimum absolute atomic E-state index is 0. The van der Waals surface area contributed by atoms with E-state index >= 15 is 0 Å². The predicted molar refractivity (Wildman–Crippen MR) is 83.9 cm³/mol. The maximum absolute atomic E-state index is 8.10. The van der Waals surface area contributed by atoms with Crippen LogP contribution in [-0.4, -0.2) is 54.1 Å². The van der Waals surface area contributed by atoms with Crippen molar-refractivity contribution in [1.29, 1.82) is 0 Å². The third-order valence-corrected chi connectivity index (χ3v) is 3.30. The van der Waals surface area contributed by atoms with Crippen LogP contribution in [0.1, 0.15) is 15.6 Å². The van der Waals surface area contributed by atoms with E-state index in [1.165, 1.54) is 0 Å². The highest BCUT2D eigenvalue weighted by Crippen LogP contribution is 2.13. The maximum Gasteiger partial charge on any atom is 0.225 e. The fourth-order valence-electron chi connectivity index (χ4n) is 1.87. The molecule has 0 spiro atoms. The molecule has 1 aliphatic heterocycles. The number of nitrogens with zero attached hydrogens (tertiary/aromatic N) is 4. The molecule has 0 bridgehead atoms. The monoisotopic (exact) mass is 351 g/mol. The van der Waals surface area contributed by atoms with Gasteiger partial charge in [0.15, 0.2) is 0 Å². The summed E-state index contributed by atoms with van der Waals surface area (Å²) in [5.74, 6) is 0.704. The van der Waals surface area contributed by atoms with Crippen LogP contribution in [0, 0.1) is 0 Å². The Kier molecular flexibility index (Phi) is 6.19. The molecule has 1 aliphatic rings. The SMILES string of the molecule is Cl.[2H]C([2H])(CCCN)N1CCN(c2ncc(Br)cn2)CC1. The fraction of sp³-hybridized carbons (Fsp3) is 0.667. The summed E-state index contributed by atoms with van der Waals surface area (Å²) in [5, 5.41) is 0. The van der Waals surface area contributed by atoms with Crippen molar-refractivity contribution in [3.63, 3.8) is 0 Å². The van der Waals surface area contributed by atoms with Crippen LogP contribution in [0.15, 0.2) is 16.9 Å². The van der Waals surface area contributed by atoms with Crippen molar-refractivity contribution in [2.45, 2.75) is 12.8 Å². The molecule has 2 N–H and O–H groups in total. The molecule has 2 rings (SSSR count). The molecular formula is C12H21BrClN5. The van der Waals surface area contributed by atoms with Crippen LogP contribution in [0.5, 0.6) is 0 Å². The molecule has 1 aromatic rings. The first kappa shape index (κ1) is 13.5. The van der Waals surface area contributed by atoms with Crippen LogP contribution >= 0.6 is 28.3 Å². The van der Waals surface area contributed by atoms with Gasteiger partial charge >= 0.3 is 0 Å². The van der Waals surface area contributed by atoms with E-state index in [4.69, 9.17) is 8.48 Å². The van der Waals surface area contributed by atoms with Crippen LogP contribution in [0.2, 0.25) is 0 Å². The molecule has 0 aromatic carbocycles. The highest BCUT2D eigenvalue weighted by molar-refractivity contribution is 9.10. The molecule has 0 saturated carbocycles. The third-order valence-electron chi connectivity index (χ3n) is 2.89. The number of halogens is 2. The second-order valence-corrected chi connectivity index (χ2v) is 5.14. The standard InChI is InChI=1S/C12H20BrN5.ClH/c13-11-9-15-12(16-10-11)18-7-5-17(6-8-18)4-2-1-3-14;/h9-10H,1-8,14H2;1H/i4D2;. The highest BCUT2D eigenvalue weighted by Gasteiger charge is 2.18. The Labute approximate surface area is 131 Å². The number of hydrogen-bond acceptors (Lipinski definition) is 5. The van der Waals surface area contributed by atoms with Gasteiger partial charge in [-0.15, -0.1) is 12.4 Å². The lowest BCUT2D eigenvalue weighted by atomic mass is 10.2. The molecule has 7 heteroatoms. The van der Waals surface area contributed by atoms with Gasteiger partial charge in [0.05, 0.1) is 4.47 Å². The largest absolute Gasteiger partial charge is 0.338 e. The van der Waals surface area contributed by atoms with Crippen LogP contribution in [0.4, 0.5) is 5.95 Å². The van der Waals surface area contributed by atoms with Crippen molar-refractivity contribution in [3.05, 3.63) is 16.9 Å². The van der Waals surface area contributed by atoms with Gasteiger partial charge in [-0.2, -0.15) is 0 Å². The number of hydrogen-bond donors (Lipinski definition) is 1. The first-order valence-corrected chi connectivity index (χ1v) is 7.00. The Morgan fingerprint density at radius 3 is 2.42 bits per heavy atom. The second kappa shape index (κ2) is 8.68. The van der Waals surface area contributed by atoms with E-state index in [2.05, 4.69) is 30.8 Å². The molecule has 0 atom stereocenters. The lowest BCUT2D eigenvalue weighted by Crippen LogP contribution is -2.47. The number of piperazine rings is 1. The molecule has 5 nitrogen and oxygen atoms in total. The summed E-state index contributed by atoms with van der Waals surface area (Å²) in [5.41, 5.74) is 5.46. The van der Waals surface area contributed by atoms with Crippen LogP contribution < -0.4 is 10.6 Å². The van der Waals surface area contributed by atoms with Crippen LogP contribution in [0.25, 0.3) is 0 Å². The van der Waals surface area contributed by atoms with E-state index in [0.29, 0.717) is 38.4 Å². The topological polar surface area (TPSA) is 58.3 Å². The lowest BCUT2D eigenvalue weighted by Gasteiger charge is -2.34. The average Bonchev–Trinajstić information content (AvgIpc) is 2.46. The van der Waals surface area contributed by atoms with Crippen molar-refractivity contribution in [3.8, 4) is 0 Å². The molecule has 108 valence electrons. The first-order valence-electron chi connectivity index (χ1n) is 7.20. The Morgan fingerprint density at radius 1 is 1.21 bits per heavy atom. The van der Waals surface area contributed by atoms with E-state index in [9.17, 15) is 0 Å². The summed E-state index contributed by atoms with van der Waals surface area (Å²) in [6, 6.07) is 0. The van der Waals surface area contributed by atoms with Gasteiger partial charge in [-0.1, -0.05) is 0 Å². The number of anilines is 1. The van der Waals surface area contributed by atoms with Gasteiger partial charge in [-0.05, 0) is 41.8 Å². The Hall–Kier alpha value is -0.430. The zero-order valence-electron chi connectivity index (χ0n) is 12.8. The summed E-state index contributed by atoms with van der Waals surface area (Å²) in [6.07, 6.45) is 4.66. The van der Waals surface area contributed by atoms with Gasteiger partial charge < -0.3 is 10.6 Å². The summed E-state index contributed by atoms with van der Waals surface area (Å²) in [4.78, 5) is 12.5. The smallest absolute Gasteiger partial charge is 0.225 e. The van der Waals surface area contributed by atoms with Gasteiger partial charge in [0, 0.05) is 41.3 Å². The lowest BCUT2D eigenvalue weighted by molar-refractivity contribution is 0.252. The van der Waals surface area contributed by atoms with Crippen molar-refractivity contribution < 1.29 is 2.74 Å². The minimum Gasteiger partial charge on any atom is -0.338 e. The van der Waals surface area contributed by atoms with Crippen LogP contribution in [-0.2, 0) is 0 Å². The predicted octanol–water partition coefficient (Wildman–Crippen LogP) is 1.52. The van der Waals surface area contributed by atoms with Crippen molar-refractivity contribution >= 4 is 34.3 Å². The number of rotatable bonds is 5. The van der Waals surface area contributed by atoms with E-state index < -0.39 is 6.50 Å². The first-order chi connectivity index (χ1) is 9.53. The van der Waals surface area contributed by atoms with E-state index in [0.717, 1.165) is 17.6 Å². The molecule has 2 heterocycles. The summed E-state index contributed by atoms with van der Waals surface area (Å²) in [7, 11) is 0. The fourth-order valence-corrected chi connectivity index (χ4v) is 2.08. The molecule has 0 amide bonds. The normalized spacial score (nSPS) is 18.5. The van der Waals surface area contributed by atoms with Gasteiger partial charge in [-0.25, -0.2) is 9.97 Å². The van der Waals surface area contributed by atoms with Crippen LogP contribution in [0.3, 0.4) is 0 Å².